The van der Waals surface area contributed by atoms with Crippen LogP contribution >= 0.6 is 0 Å². The first-order valence-electron chi connectivity index (χ1n) is 6.00. The number of aliphatic imine (C=N–C) groups is 1. The number of hydrazine groups is 1. The monoisotopic (exact) mass is 232 g/mol. The van der Waals surface area contributed by atoms with E-state index in [4.69, 9.17) is 5.84 Å². The van der Waals surface area contributed by atoms with Crippen LogP contribution in [0, 0.1) is 6.92 Å². The van der Waals surface area contributed by atoms with Crippen molar-refractivity contribution >= 4 is 5.96 Å². The van der Waals surface area contributed by atoms with Gasteiger partial charge in [0.2, 0.25) is 5.96 Å². The third kappa shape index (κ3) is 3.46. The van der Waals surface area contributed by atoms with Gasteiger partial charge in [0.25, 0.3) is 0 Å². The van der Waals surface area contributed by atoms with Crippen LogP contribution in [-0.2, 0) is 6.54 Å². The van der Waals surface area contributed by atoms with Crippen molar-refractivity contribution < 1.29 is 0 Å². The third-order valence-electron chi connectivity index (χ3n) is 2.88. The van der Waals surface area contributed by atoms with Crippen LogP contribution in [0.25, 0.3) is 0 Å². The number of nitrogens with zero attached hydrogens (tertiary/aromatic N) is 2. The molecule has 0 unspecified atom stereocenters. The van der Waals surface area contributed by atoms with E-state index in [1.54, 1.807) is 0 Å². The van der Waals surface area contributed by atoms with Crippen molar-refractivity contribution in [3.8, 4) is 0 Å². The quantitative estimate of drug-likeness (QED) is 0.358. The number of guanidine groups is 1. The van der Waals surface area contributed by atoms with Crippen LogP contribution in [0.15, 0.2) is 29.3 Å². The molecule has 0 aromatic heterocycles. The van der Waals surface area contributed by atoms with E-state index in [1.165, 1.54) is 24.0 Å². The van der Waals surface area contributed by atoms with Gasteiger partial charge in [-0.2, -0.15) is 0 Å². The van der Waals surface area contributed by atoms with E-state index in [-0.39, 0.29) is 0 Å². The van der Waals surface area contributed by atoms with Gasteiger partial charge in [-0.3, -0.25) is 5.43 Å². The molecule has 1 aromatic rings. The Morgan fingerprint density at radius 1 is 1.41 bits per heavy atom. The van der Waals surface area contributed by atoms with Crippen molar-refractivity contribution in [1.82, 2.24) is 10.3 Å². The normalized spacial score (nSPS) is 15.8. The summed E-state index contributed by atoms with van der Waals surface area (Å²) in [5, 5.41) is 0. The molecule has 17 heavy (non-hydrogen) atoms. The van der Waals surface area contributed by atoms with Crippen LogP contribution in [-0.4, -0.2) is 23.9 Å². The van der Waals surface area contributed by atoms with Gasteiger partial charge in [0.1, 0.15) is 0 Å². The first-order valence-corrected chi connectivity index (χ1v) is 6.00. The average molecular weight is 232 g/mol. The molecule has 0 bridgehead atoms. The Bertz CT molecular complexity index is 392. The topological polar surface area (TPSA) is 53.6 Å². The first kappa shape index (κ1) is 11.9. The van der Waals surface area contributed by atoms with Crippen molar-refractivity contribution in [2.24, 2.45) is 10.8 Å². The van der Waals surface area contributed by atoms with Gasteiger partial charge >= 0.3 is 0 Å². The fraction of sp³-hybridized carbons (Fsp3) is 0.462. The third-order valence-corrected chi connectivity index (χ3v) is 2.88. The molecule has 2 rings (SSSR count). The lowest BCUT2D eigenvalue weighted by atomic mass is 10.1. The van der Waals surface area contributed by atoms with E-state index in [0.29, 0.717) is 6.04 Å². The Morgan fingerprint density at radius 3 is 2.59 bits per heavy atom. The van der Waals surface area contributed by atoms with Gasteiger partial charge < -0.3 is 4.90 Å². The van der Waals surface area contributed by atoms with Gasteiger partial charge in [-0.05, 0) is 25.3 Å². The molecule has 1 aromatic carbocycles. The van der Waals surface area contributed by atoms with Crippen molar-refractivity contribution in [2.45, 2.75) is 32.4 Å². The highest BCUT2D eigenvalue weighted by Gasteiger charge is 2.21. The number of hydrogen-bond donors (Lipinski definition) is 2. The maximum absolute atomic E-state index is 5.51. The van der Waals surface area contributed by atoms with Crippen molar-refractivity contribution in [1.29, 1.82) is 0 Å². The summed E-state index contributed by atoms with van der Waals surface area (Å²) in [6.07, 6.45) is 2.37. The fourth-order valence-electron chi connectivity index (χ4n) is 1.66. The summed E-state index contributed by atoms with van der Waals surface area (Å²) in [4.78, 5) is 6.57. The van der Waals surface area contributed by atoms with Gasteiger partial charge in [-0.1, -0.05) is 29.8 Å². The van der Waals surface area contributed by atoms with Crippen LogP contribution in [0.3, 0.4) is 0 Å². The summed E-state index contributed by atoms with van der Waals surface area (Å²) in [6, 6.07) is 8.99. The molecule has 0 amide bonds. The van der Waals surface area contributed by atoms with E-state index in [9.17, 15) is 0 Å². The van der Waals surface area contributed by atoms with E-state index >= 15 is 0 Å². The molecular formula is C13H20N4. The number of nitrogens with one attached hydrogen (secondary N) is 1. The zero-order chi connectivity index (χ0) is 12.3. The summed E-state index contributed by atoms with van der Waals surface area (Å²) in [7, 11) is 2.00. The van der Waals surface area contributed by atoms with Gasteiger partial charge in [0.05, 0.1) is 6.04 Å². The molecule has 3 N–H and O–H groups in total. The summed E-state index contributed by atoms with van der Waals surface area (Å²) in [5.41, 5.74) is 5.22. The number of hydrogen-bond acceptors (Lipinski definition) is 2. The van der Waals surface area contributed by atoms with Crippen LogP contribution in [0.5, 0.6) is 0 Å². The largest absolute Gasteiger partial charge is 0.341 e. The fourth-order valence-corrected chi connectivity index (χ4v) is 1.66. The summed E-state index contributed by atoms with van der Waals surface area (Å²) >= 11 is 0. The summed E-state index contributed by atoms with van der Waals surface area (Å²) in [6.45, 7) is 2.91. The predicted molar refractivity (Wildman–Crippen MR) is 70.4 cm³/mol. The molecule has 92 valence electrons. The number of benzene rings is 1. The van der Waals surface area contributed by atoms with Gasteiger partial charge in [-0.15, -0.1) is 0 Å². The lowest BCUT2D eigenvalue weighted by molar-refractivity contribution is 0.476. The van der Waals surface area contributed by atoms with E-state index in [1.807, 2.05) is 11.9 Å². The van der Waals surface area contributed by atoms with E-state index in [0.717, 1.165) is 12.5 Å². The number of aryl methyl sites for hydroxylation is 1. The molecule has 0 heterocycles. The standard InChI is InChI=1S/C13H20N4/c1-10-3-5-11(6-4-10)9-17(2)13(16-14)15-12-7-8-12/h3-6,12H,7-9,14H2,1-2H3,(H,15,16). The molecule has 1 aliphatic rings. The minimum atomic E-state index is 0.474. The highest BCUT2D eigenvalue weighted by molar-refractivity contribution is 5.79. The minimum Gasteiger partial charge on any atom is -0.341 e. The molecule has 0 aliphatic heterocycles. The van der Waals surface area contributed by atoms with Gasteiger partial charge in [0, 0.05) is 13.6 Å². The first-order chi connectivity index (χ1) is 8.19. The second-order valence-corrected chi connectivity index (χ2v) is 4.67. The van der Waals surface area contributed by atoms with Crippen LogP contribution in [0.4, 0.5) is 0 Å². The summed E-state index contributed by atoms with van der Waals surface area (Å²) < 4.78 is 0. The second kappa shape index (κ2) is 5.19. The Balaban J connectivity index is 1.99. The molecular weight excluding hydrogens is 212 g/mol. The van der Waals surface area contributed by atoms with Crippen LogP contribution in [0.1, 0.15) is 24.0 Å². The van der Waals surface area contributed by atoms with Gasteiger partial charge in [-0.25, -0.2) is 10.8 Å². The van der Waals surface area contributed by atoms with Crippen molar-refractivity contribution in [3.05, 3.63) is 35.4 Å². The minimum absolute atomic E-state index is 0.474. The Labute approximate surface area is 102 Å². The molecule has 0 saturated heterocycles. The molecule has 0 spiro atoms. The van der Waals surface area contributed by atoms with E-state index in [2.05, 4.69) is 41.6 Å². The summed E-state index contributed by atoms with van der Waals surface area (Å²) in [5.74, 6) is 6.28. The Hall–Kier alpha value is -1.55. The molecule has 0 atom stereocenters. The van der Waals surface area contributed by atoms with Crippen LogP contribution < -0.4 is 11.3 Å². The highest BCUT2D eigenvalue weighted by atomic mass is 15.4. The highest BCUT2D eigenvalue weighted by Crippen LogP contribution is 2.23. The van der Waals surface area contributed by atoms with Crippen molar-refractivity contribution in [2.75, 3.05) is 7.05 Å². The molecule has 0 radical (unpaired) electrons. The number of nitrogens with two attached hydrogens (primary N) is 1. The molecule has 1 saturated carbocycles. The average Bonchev–Trinajstić information content (AvgIpc) is 3.13. The Kier molecular flexibility index (Phi) is 3.64. The molecule has 4 heteroatoms. The zero-order valence-electron chi connectivity index (χ0n) is 10.5. The molecule has 1 aliphatic carbocycles. The second-order valence-electron chi connectivity index (χ2n) is 4.67. The smallest absolute Gasteiger partial charge is 0.208 e. The van der Waals surface area contributed by atoms with Crippen LogP contribution in [0.2, 0.25) is 0 Å². The van der Waals surface area contributed by atoms with Crippen molar-refractivity contribution in [3.63, 3.8) is 0 Å². The molecule has 1 fully saturated rings. The Morgan fingerprint density at radius 2 is 2.06 bits per heavy atom. The lowest BCUT2D eigenvalue weighted by Gasteiger charge is -2.20. The van der Waals surface area contributed by atoms with E-state index < -0.39 is 0 Å². The maximum Gasteiger partial charge on any atom is 0.208 e. The number of rotatable bonds is 3. The SMILES string of the molecule is Cc1ccc(CN(C)C(=NC2CC2)NN)cc1. The predicted octanol–water partition coefficient (Wildman–Crippen LogP) is 1.41. The lowest BCUT2D eigenvalue weighted by Crippen LogP contribution is -2.42. The molecule has 4 nitrogen and oxygen atoms in total. The zero-order valence-corrected chi connectivity index (χ0v) is 10.5. The van der Waals surface area contributed by atoms with Gasteiger partial charge in [0.15, 0.2) is 0 Å². The maximum atomic E-state index is 5.51.